The van der Waals surface area contributed by atoms with Gasteiger partial charge in [0.15, 0.2) is 9.04 Å². The topological polar surface area (TPSA) is 58.7 Å². The molecule has 207 valence electrons. The summed E-state index contributed by atoms with van der Waals surface area (Å²) in [6.45, 7) is 17.3. The molecule has 0 bridgehead atoms. The van der Waals surface area contributed by atoms with Crippen LogP contribution < -0.4 is 0 Å². The van der Waals surface area contributed by atoms with Crippen LogP contribution in [0.2, 0.25) is 44.8 Å². The minimum Gasteiger partial charge on any atom is -0.416 e. The molecule has 6 nitrogen and oxygen atoms in total. The van der Waals surface area contributed by atoms with Crippen molar-refractivity contribution in [2.24, 2.45) is 5.92 Å². The van der Waals surface area contributed by atoms with Gasteiger partial charge in [0.1, 0.15) is 0 Å². The highest BCUT2D eigenvalue weighted by molar-refractivity contribution is 6.85. The Labute approximate surface area is 221 Å². The lowest BCUT2D eigenvalue weighted by Gasteiger charge is -2.42. The zero-order valence-corrected chi connectivity index (χ0v) is 28.2. The van der Waals surface area contributed by atoms with Gasteiger partial charge in [-0.05, 0) is 83.7 Å². The van der Waals surface area contributed by atoms with E-state index in [9.17, 15) is 0 Å². The molecule has 35 heavy (non-hydrogen) atoms. The molecular weight excluding hydrogens is 509 g/mol. The van der Waals surface area contributed by atoms with Gasteiger partial charge < -0.3 is 25.9 Å². The van der Waals surface area contributed by atoms with Gasteiger partial charge in [0.2, 0.25) is 0 Å². The van der Waals surface area contributed by atoms with Crippen molar-refractivity contribution in [1.29, 1.82) is 0 Å². The second-order valence-electron chi connectivity index (χ2n) is 11.7. The van der Waals surface area contributed by atoms with Crippen molar-refractivity contribution < 1.29 is 25.9 Å². The zero-order valence-electron chi connectivity index (χ0n) is 24.2. The number of ether oxygens (including phenoxy) is 1. The highest BCUT2D eigenvalue weighted by Gasteiger charge is 2.50. The number of unbranched alkanes of at least 4 members (excludes halogenated alkanes) is 5. The van der Waals surface area contributed by atoms with Crippen LogP contribution in [-0.2, 0) is 25.9 Å². The maximum atomic E-state index is 7.08. The van der Waals surface area contributed by atoms with Gasteiger partial charge in [-0.3, -0.25) is 0 Å². The summed E-state index contributed by atoms with van der Waals surface area (Å²) in [5.74, 6) is 0.731. The van der Waals surface area contributed by atoms with Crippen LogP contribution >= 0.6 is 0 Å². The zero-order chi connectivity index (χ0) is 26.1. The molecule has 2 fully saturated rings. The Hall–Kier alpha value is 0.628. The van der Waals surface area contributed by atoms with Crippen LogP contribution in [0.3, 0.4) is 0 Å². The average Bonchev–Trinajstić information content (AvgIpc) is 3.52. The molecule has 6 atom stereocenters. The Morgan fingerprint density at radius 3 is 2.17 bits per heavy atom. The molecule has 0 N–H and O–H groups in total. The van der Waals surface area contributed by atoms with Crippen LogP contribution in [0.5, 0.6) is 0 Å². The Morgan fingerprint density at radius 1 is 0.886 bits per heavy atom. The largest absolute Gasteiger partial charge is 0.478 e. The van der Waals surface area contributed by atoms with Gasteiger partial charge >= 0.3 is 25.9 Å². The first-order chi connectivity index (χ1) is 16.4. The third-order valence-corrected chi connectivity index (χ3v) is 21.2. The second kappa shape index (κ2) is 14.7. The predicted octanol–water partition coefficient (Wildman–Crippen LogP) is 7.39. The third-order valence-electron chi connectivity index (χ3n) is 7.21. The molecule has 2 aliphatic rings. The summed E-state index contributed by atoms with van der Waals surface area (Å²) in [6, 6.07) is 1.98. The SMILES string of the molecule is CCCCCCCC[Si](C)(O[Si](C)(CCC1CCC2OC2C1)OC)O[Si](C)(OC(C)C)O[Si](C)C. The van der Waals surface area contributed by atoms with E-state index in [1.165, 1.54) is 51.4 Å². The summed E-state index contributed by atoms with van der Waals surface area (Å²) in [5, 5.41) is 0. The molecule has 6 unspecified atom stereocenters. The first-order valence-electron chi connectivity index (χ1n) is 14.2. The third kappa shape index (κ3) is 11.9. The van der Waals surface area contributed by atoms with Gasteiger partial charge in [-0.25, -0.2) is 0 Å². The maximum Gasteiger partial charge on any atom is 0.478 e. The fourth-order valence-corrected chi connectivity index (χ4v) is 21.1. The van der Waals surface area contributed by atoms with Crippen LogP contribution in [0.1, 0.15) is 85.0 Å². The Bertz CT molecular complexity index is 603. The summed E-state index contributed by atoms with van der Waals surface area (Å²) in [7, 11) is -6.96. The van der Waals surface area contributed by atoms with Crippen molar-refractivity contribution in [3.8, 4) is 0 Å². The maximum absolute atomic E-state index is 7.08. The van der Waals surface area contributed by atoms with Gasteiger partial charge in [-0.1, -0.05) is 45.4 Å². The van der Waals surface area contributed by atoms with Gasteiger partial charge in [0.25, 0.3) is 0 Å². The standard InChI is InChI=1S/C25H55O6Si4/c1-10-11-12-13-14-15-19-34(8,31-35(9,28-22(2)3)29-32(5)6)30-33(7,26-4)20-18-23-16-17-24-25(21-23)27-24/h22-25H,10-21H2,1-9H3. The number of hydrogen-bond acceptors (Lipinski definition) is 6. The summed E-state index contributed by atoms with van der Waals surface area (Å²) < 4.78 is 38.8. The molecule has 2 rings (SSSR count). The molecular formula is C25H55O6Si4. The fourth-order valence-electron chi connectivity index (χ4n) is 5.48. The first-order valence-corrected chi connectivity index (χ1v) is 23.9. The predicted molar refractivity (Wildman–Crippen MR) is 152 cm³/mol. The Morgan fingerprint density at radius 2 is 1.57 bits per heavy atom. The van der Waals surface area contributed by atoms with Crippen molar-refractivity contribution >= 4 is 35.0 Å². The van der Waals surface area contributed by atoms with Crippen LogP contribution in [0.25, 0.3) is 0 Å². The average molecular weight is 564 g/mol. The summed E-state index contributed by atoms with van der Waals surface area (Å²) in [6.07, 6.45) is 13.6. The van der Waals surface area contributed by atoms with Crippen molar-refractivity contribution in [1.82, 2.24) is 0 Å². The van der Waals surface area contributed by atoms with Crippen LogP contribution in [0.4, 0.5) is 0 Å². The smallest absolute Gasteiger partial charge is 0.416 e. The van der Waals surface area contributed by atoms with Gasteiger partial charge in [-0.2, -0.15) is 0 Å². The lowest BCUT2D eigenvalue weighted by Crippen LogP contribution is -2.60. The second-order valence-corrected chi connectivity index (χ2v) is 23.8. The highest BCUT2D eigenvalue weighted by atomic mass is 28.5. The molecule has 10 heteroatoms. The molecule has 1 aliphatic carbocycles. The number of rotatable bonds is 19. The molecule has 0 aromatic rings. The fraction of sp³-hybridized carbons (Fsp3) is 1.00. The van der Waals surface area contributed by atoms with Crippen LogP contribution in [0.15, 0.2) is 0 Å². The van der Waals surface area contributed by atoms with Crippen molar-refractivity contribution in [2.45, 2.75) is 148 Å². The minimum absolute atomic E-state index is 0.0612. The van der Waals surface area contributed by atoms with E-state index >= 15 is 0 Å². The van der Waals surface area contributed by atoms with Gasteiger partial charge in [-0.15, -0.1) is 0 Å². The molecule has 1 saturated heterocycles. The molecule has 0 amide bonds. The van der Waals surface area contributed by atoms with E-state index in [0.717, 1.165) is 30.8 Å². The van der Waals surface area contributed by atoms with Crippen LogP contribution in [0, 0.1) is 5.92 Å². The van der Waals surface area contributed by atoms with Gasteiger partial charge in [0.05, 0.1) is 12.2 Å². The molecule has 1 saturated carbocycles. The van der Waals surface area contributed by atoms with E-state index in [1.807, 2.05) is 7.11 Å². The molecule has 0 aromatic heterocycles. The first kappa shape index (κ1) is 31.8. The normalized spacial score (nSPS) is 27.3. The quantitative estimate of drug-likeness (QED) is 0.0927. The summed E-state index contributed by atoms with van der Waals surface area (Å²) in [5.41, 5.74) is 0. The molecule has 1 aliphatic heterocycles. The van der Waals surface area contributed by atoms with E-state index in [1.54, 1.807) is 0 Å². The number of fused-ring (bicyclic) bond motifs is 1. The number of epoxide rings is 1. The van der Waals surface area contributed by atoms with E-state index in [4.69, 9.17) is 25.9 Å². The number of hydrogen-bond donors (Lipinski definition) is 0. The molecule has 0 spiro atoms. The van der Waals surface area contributed by atoms with Crippen molar-refractivity contribution in [3.05, 3.63) is 0 Å². The van der Waals surface area contributed by atoms with E-state index < -0.39 is 35.0 Å². The lowest BCUT2D eigenvalue weighted by molar-refractivity contribution is 0.115. The highest BCUT2D eigenvalue weighted by Crippen LogP contribution is 2.42. The lowest BCUT2D eigenvalue weighted by atomic mass is 9.88. The molecule has 1 heterocycles. The summed E-state index contributed by atoms with van der Waals surface area (Å²) in [4.78, 5) is 0. The van der Waals surface area contributed by atoms with E-state index in [2.05, 4.69) is 53.5 Å². The summed E-state index contributed by atoms with van der Waals surface area (Å²) >= 11 is 0. The molecule has 1 radical (unpaired) electrons. The minimum atomic E-state index is -2.83. The Balaban J connectivity index is 2.07. The molecule has 0 aromatic carbocycles. The van der Waals surface area contributed by atoms with Crippen molar-refractivity contribution in [2.75, 3.05) is 7.11 Å². The monoisotopic (exact) mass is 563 g/mol. The van der Waals surface area contributed by atoms with E-state index in [0.29, 0.717) is 12.2 Å². The van der Waals surface area contributed by atoms with Crippen LogP contribution in [-0.4, -0.2) is 60.4 Å². The Kier molecular flexibility index (Phi) is 13.4. The van der Waals surface area contributed by atoms with Gasteiger partial charge in [0, 0.05) is 19.8 Å². The van der Waals surface area contributed by atoms with Crippen molar-refractivity contribution in [3.63, 3.8) is 0 Å². The van der Waals surface area contributed by atoms with E-state index in [-0.39, 0.29) is 6.10 Å².